The largest absolute Gasteiger partial charge is 0.438 e. The number of anilines is 2. The number of rotatable bonds is 6. The molecule has 46 heavy (non-hydrogen) atoms. The maximum atomic E-state index is 14.1. The highest BCUT2D eigenvalue weighted by atomic mass is 35.5. The van der Waals surface area contributed by atoms with E-state index in [0.29, 0.717) is 62.2 Å². The number of para-hydroxylation sites is 1. The van der Waals surface area contributed by atoms with Gasteiger partial charge in [0.25, 0.3) is 5.91 Å². The quantitative estimate of drug-likeness (QED) is 0.443. The van der Waals surface area contributed by atoms with Gasteiger partial charge >= 0.3 is 12.2 Å². The molecule has 3 amide bonds. The van der Waals surface area contributed by atoms with Crippen LogP contribution in [0.4, 0.5) is 21.0 Å². The highest BCUT2D eigenvalue weighted by Gasteiger charge is 2.46. The van der Waals surface area contributed by atoms with E-state index in [0.717, 1.165) is 61.4 Å². The van der Waals surface area contributed by atoms with E-state index in [9.17, 15) is 14.4 Å². The number of hydrogen-bond donors (Lipinski definition) is 2. The molecule has 4 heterocycles. The summed E-state index contributed by atoms with van der Waals surface area (Å²) in [6.45, 7) is 8.11. The number of carbonyl (C=O) groups is 3. The molecule has 4 aliphatic heterocycles. The highest BCUT2D eigenvalue weighted by Crippen LogP contribution is 2.43. The van der Waals surface area contributed by atoms with Crippen LogP contribution >= 0.6 is 11.6 Å². The van der Waals surface area contributed by atoms with Crippen molar-refractivity contribution < 1.29 is 23.9 Å². The van der Waals surface area contributed by atoms with Crippen LogP contribution in [-0.4, -0.2) is 109 Å². The average molecular weight is 653 g/mol. The summed E-state index contributed by atoms with van der Waals surface area (Å²) in [7, 11) is 2.15. The molecule has 248 valence electrons. The van der Waals surface area contributed by atoms with Crippen molar-refractivity contribution in [2.45, 2.75) is 63.2 Å². The van der Waals surface area contributed by atoms with Gasteiger partial charge in [-0.05, 0) is 49.6 Å². The summed E-state index contributed by atoms with van der Waals surface area (Å²) in [4.78, 5) is 48.4. The van der Waals surface area contributed by atoms with Gasteiger partial charge in [-0.3, -0.25) is 15.0 Å². The number of likely N-dealkylation sites (tertiary alicyclic amines) is 2. The van der Waals surface area contributed by atoms with Gasteiger partial charge in [0, 0.05) is 83.2 Å². The van der Waals surface area contributed by atoms with Crippen molar-refractivity contribution in [1.82, 2.24) is 19.6 Å². The third kappa shape index (κ3) is 6.77. The van der Waals surface area contributed by atoms with Crippen molar-refractivity contribution >= 4 is 41.1 Å². The summed E-state index contributed by atoms with van der Waals surface area (Å²) in [5, 5.41) is 3.20. The molecule has 6 rings (SSSR count). The highest BCUT2D eigenvalue weighted by molar-refractivity contribution is 6.33. The molecule has 0 radical (unpaired) electrons. The van der Waals surface area contributed by atoms with Gasteiger partial charge < -0.3 is 29.9 Å². The Morgan fingerprint density at radius 3 is 2.43 bits per heavy atom. The molecule has 0 bridgehead atoms. The number of halogens is 1. The predicted molar refractivity (Wildman–Crippen MR) is 177 cm³/mol. The van der Waals surface area contributed by atoms with E-state index in [-0.39, 0.29) is 12.3 Å². The fourth-order valence-electron chi connectivity index (χ4n) is 7.36. The summed E-state index contributed by atoms with van der Waals surface area (Å²) in [6, 6.07) is 11.8. The Labute approximate surface area is 275 Å². The Morgan fingerprint density at radius 1 is 1.04 bits per heavy atom. The molecule has 0 aromatic heterocycles. The summed E-state index contributed by atoms with van der Waals surface area (Å²) >= 11 is 6.47. The van der Waals surface area contributed by atoms with Crippen molar-refractivity contribution in [2.24, 2.45) is 0 Å². The van der Waals surface area contributed by atoms with Gasteiger partial charge in [0.15, 0.2) is 6.10 Å². The number of hydrogen-bond acceptors (Lipinski definition) is 8. The smallest absolute Gasteiger partial charge is 0.412 e. The molecule has 0 saturated carbocycles. The second-order valence-corrected chi connectivity index (χ2v) is 13.4. The zero-order valence-electron chi connectivity index (χ0n) is 26.8. The van der Waals surface area contributed by atoms with Gasteiger partial charge in [-0.15, -0.1) is 0 Å². The molecule has 2 aromatic rings. The summed E-state index contributed by atoms with van der Waals surface area (Å²) < 4.78 is 11.9. The molecule has 2 aromatic carbocycles. The monoisotopic (exact) mass is 652 g/mol. The standard InChI is InChI=1S/C34H45ClN6O5/c1-3-24-20-23(21-27(35)30(24)36)22-29(31(42)40-12-8-25(9-13-40)39-18-16-38(2)17-19-39)45-33(44)41-14-10-34(11-15-41)26-6-4-5-7-28(26)37-32(43)46-34/h4-7,20-21,25,29H,3,8-19,22,36H2,1-2H3,(H,37,43)/t29-/m1/s1. The number of ether oxygens (including phenoxy) is 2. The Bertz CT molecular complexity index is 1450. The fourth-order valence-corrected chi connectivity index (χ4v) is 7.62. The van der Waals surface area contributed by atoms with Crippen molar-refractivity contribution in [2.75, 3.05) is 70.5 Å². The second-order valence-electron chi connectivity index (χ2n) is 13.0. The van der Waals surface area contributed by atoms with E-state index in [2.05, 4.69) is 22.2 Å². The SMILES string of the molecule is CCc1cc(C[C@@H](OC(=O)N2CCC3(CC2)OC(=O)Nc2ccccc23)C(=O)N2CCC(N3CCN(C)CC3)CC2)cc(Cl)c1N. The lowest BCUT2D eigenvalue weighted by Crippen LogP contribution is -2.54. The number of fused-ring (bicyclic) bond motifs is 2. The molecule has 11 nitrogen and oxygen atoms in total. The first-order valence-electron chi connectivity index (χ1n) is 16.5. The van der Waals surface area contributed by atoms with Crippen LogP contribution in [0.5, 0.6) is 0 Å². The molecule has 12 heteroatoms. The summed E-state index contributed by atoms with van der Waals surface area (Å²) in [6.07, 6.45) is 1.49. The number of aryl methyl sites for hydroxylation is 1. The van der Waals surface area contributed by atoms with E-state index < -0.39 is 23.9 Å². The molecule has 0 aliphatic carbocycles. The van der Waals surface area contributed by atoms with Crippen LogP contribution in [0.1, 0.15) is 49.3 Å². The average Bonchev–Trinajstić information content (AvgIpc) is 3.06. The maximum Gasteiger partial charge on any atom is 0.412 e. The number of nitrogen functional groups attached to an aromatic ring is 1. The van der Waals surface area contributed by atoms with E-state index >= 15 is 0 Å². The molecular formula is C34H45ClN6O5. The van der Waals surface area contributed by atoms with E-state index in [1.54, 1.807) is 11.0 Å². The molecule has 0 unspecified atom stereocenters. The van der Waals surface area contributed by atoms with Gasteiger partial charge in [0.1, 0.15) is 5.60 Å². The number of amides is 3. The lowest BCUT2D eigenvalue weighted by atomic mass is 9.82. The molecular weight excluding hydrogens is 608 g/mol. The number of carbonyl (C=O) groups excluding carboxylic acids is 3. The van der Waals surface area contributed by atoms with Crippen LogP contribution in [0.3, 0.4) is 0 Å². The van der Waals surface area contributed by atoms with E-state index in [1.165, 1.54) is 0 Å². The van der Waals surface area contributed by atoms with Crippen LogP contribution in [0.2, 0.25) is 5.02 Å². The number of nitrogens with one attached hydrogen (secondary N) is 1. The lowest BCUT2D eigenvalue weighted by Gasteiger charge is -2.44. The van der Waals surface area contributed by atoms with Crippen LogP contribution in [0, 0.1) is 0 Å². The number of piperidine rings is 2. The number of benzene rings is 2. The molecule has 1 spiro atoms. The molecule has 3 fully saturated rings. The Balaban J connectivity index is 1.15. The van der Waals surface area contributed by atoms with Gasteiger partial charge in [0.2, 0.25) is 0 Å². The number of likely N-dealkylation sites (N-methyl/N-ethyl adjacent to an activating group) is 1. The number of nitrogens with two attached hydrogens (primary N) is 1. The first kappa shape index (κ1) is 32.4. The molecule has 4 aliphatic rings. The molecule has 3 N–H and O–H groups in total. The van der Waals surface area contributed by atoms with Crippen molar-refractivity contribution in [3.63, 3.8) is 0 Å². The first-order valence-corrected chi connectivity index (χ1v) is 16.9. The number of nitrogens with zero attached hydrogens (tertiary/aromatic N) is 4. The molecule has 1 atom stereocenters. The van der Waals surface area contributed by atoms with Crippen molar-refractivity contribution in [3.05, 3.63) is 58.1 Å². The topological polar surface area (TPSA) is 121 Å². The maximum absolute atomic E-state index is 14.1. The minimum Gasteiger partial charge on any atom is -0.438 e. The zero-order chi connectivity index (χ0) is 32.4. The second kappa shape index (κ2) is 13.7. The third-order valence-corrected chi connectivity index (χ3v) is 10.5. The van der Waals surface area contributed by atoms with Crippen LogP contribution < -0.4 is 11.1 Å². The summed E-state index contributed by atoms with van der Waals surface area (Å²) in [5.74, 6) is -0.189. The van der Waals surface area contributed by atoms with Crippen molar-refractivity contribution in [3.8, 4) is 0 Å². The van der Waals surface area contributed by atoms with Crippen LogP contribution in [0.25, 0.3) is 0 Å². The van der Waals surface area contributed by atoms with Crippen LogP contribution in [0.15, 0.2) is 36.4 Å². The van der Waals surface area contributed by atoms with Gasteiger partial charge in [-0.1, -0.05) is 42.8 Å². The first-order chi connectivity index (χ1) is 22.2. The minimum absolute atomic E-state index is 0.189. The van der Waals surface area contributed by atoms with E-state index in [1.807, 2.05) is 42.2 Å². The summed E-state index contributed by atoms with van der Waals surface area (Å²) in [5.41, 5.74) is 9.23. The Kier molecular flexibility index (Phi) is 9.63. The Hall–Kier alpha value is -3.54. The lowest BCUT2D eigenvalue weighted by molar-refractivity contribution is -0.143. The van der Waals surface area contributed by atoms with Gasteiger partial charge in [0.05, 0.1) is 16.4 Å². The van der Waals surface area contributed by atoms with Crippen molar-refractivity contribution in [1.29, 1.82) is 0 Å². The third-order valence-electron chi connectivity index (χ3n) is 10.2. The fraction of sp³-hybridized carbons (Fsp3) is 0.559. The van der Waals surface area contributed by atoms with Crippen LogP contribution in [-0.2, 0) is 32.7 Å². The minimum atomic E-state index is -1.01. The zero-order valence-corrected chi connectivity index (χ0v) is 27.6. The Morgan fingerprint density at radius 2 is 1.74 bits per heavy atom. The van der Waals surface area contributed by atoms with E-state index in [4.69, 9.17) is 26.8 Å². The normalized spacial score (nSPS) is 21.3. The predicted octanol–water partition coefficient (Wildman–Crippen LogP) is 4.32. The molecule has 3 saturated heterocycles. The van der Waals surface area contributed by atoms with Gasteiger partial charge in [-0.2, -0.15) is 0 Å². The van der Waals surface area contributed by atoms with Gasteiger partial charge in [-0.25, -0.2) is 9.59 Å². The number of piperazine rings is 1.